The van der Waals surface area contributed by atoms with E-state index >= 15 is 0 Å². The molecule has 0 radical (unpaired) electrons. The van der Waals surface area contributed by atoms with Gasteiger partial charge >= 0.3 is 0 Å². The average Bonchev–Trinajstić information content (AvgIpc) is 2.48. The summed E-state index contributed by atoms with van der Waals surface area (Å²) in [7, 11) is -3.10. The molecule has 0 unspecified atom stereocenters. The Morgan fingerprint density at radius 1 is 1.29 bits per heavy atom. The topological polar surface area (TPSA) is 78.5 Å². The molecular weight excluding hydrogens is 290 g/mol. The van der Waals surface area contributed by atoms with Crippen LogP contribution in [-0.2, 0) is 14.8 Å². The zero-order valence-electron chi connectivity index (χ0n) is 12.8. The number of sulfonamides is 1. The molecule has 1 amide bonds. The van der Waals surface area contributed by atoms with Crippen LogP contribution in [0.3, 0.4) is 0 Å². The van der Waals surface area contributed by atoms with Gasteiger partial charge in [-0.3, -0.25) is 4.79 Å². The molecule has 1 atom stereocenters. The predicted molar refractivity (Wildman–Crippen MR) is 82.4 cm³/mol. The van der Waals surface area contributed by atoms with Crippen LogP contribution >= 0.6 is 0 Å². The summed E-state index contributed by atoms with van der Waals surface area (Å²) >= 11 is 0. The molecule has 2 aliphatic heterocycles. The van der Waals surface area contributed by atoms with Crippen molar-refractivity contribution in [2.45, 2.75) is 45.1 Å². The molecule has 7 heteroatoms. The first kappa shape index (κ1) is 16.7. The van der Waals surface area contributed by atoms with E-state index in [0.29, 0.717) is 19.5 Å². The van der Waals surface area contributed by atoms with Crippen molar-refractivity contribution >= 4 is 15.9 Å². The van der Waals surface area contributed by atoms with E-state index in [1.807, 2.05) is 6.92 Å². The van der Waals surface area contributed by atoms with Crippen LogP contribution in [0, 0.1) is 5.92 Å². The number of piperidine rings is 2. The molecule has 2 rings (SSSR count). The van der Waals surface area contributed by atoms with Crippen LogP contribution in [0.1, 0.15) is 39.0 Å². The number of rotatable bonds is 5. The molecule has 0 bridgehead atoms. The van der Waals surface area contributed by atoms with Gasteiger partial charge in [-0.15, -0.1) is 0 Å². The fourth-order valence-corrected chi connectivity index (χ4v) is 4.60. The smallest absolute Gasteiger partial charge is 0.224 e. The lowest BCUT2D eigenvalue weighted by Gasteiger charge is -2.32. The molecule has 0 aromatic rings. The van der Waals surface area contributed by atoms with Crippen molar-refractivity contribution in [1.82, 2.24) is 14.9 Å². The van der Waals surface area contributed by atoms with Gasteiger partial charge in [0.05, 0.1) is 11.7 Å². The normalized spacial score (nSPS) is 25.7. The second-order valence-electron chi connectivity index (χ2n) is 6.04. The summed E-state index contributed by atoms with van der Waals surface area (Å²) in [4.78, 5) is 12.2. The number of hydrogen-bond acceptors (Lipinski definition) is 4. The van der Waals surface area contributed by atoms with E-state index in [-0.39, 0.29) is 23.6 Å². The van der Waals surface area contributed by atoms with Gasteiger partial charge in [0, 0.05) is 25.7 Å². The summed E-state index contributed by atoms with van der Waals surface area (Å²) in [5.74, 6) is 0.412. The summed E-state index contributed by atoms with van der Waals surface area (Å²) < 4.78 is 25.6. The molecule has 6 nitrogen and oxygen atoms in total. The van der Waals surface area contributed by atoms with Crippen molar-refractivity contribution in [2.24, 2.45) is 5.92 Å². The molecule has 2 aliphatic rings. The molecule has 0 aliphatic carbocycles. The Bertz CT molecular complexity index is 438. The maximum atomic E-state index is 12.2. The van der Waals surface area contributed by atoms with Crippen LogP contribution in [-0.4, -0.2) is 56.6 Å². The summed E-state index contributed by atoms with van der Waals surface area (Å²) in [6.07, 6.45) is 4.08. The average molecular weight is 317 g/mol. The van der Waals surface area contributed by atoms with Gasteiger partial charge in [-0.05, 0) is 38.6 Å². The minimum atomic E-state index is -3.10. The largest absolute Gasteiger partial charge is 0.353 e. The number of amides is 1. The highest BCUT2D eigenvalue weighted by Crippen LogP contribution is 2.17. The molecule has 2 heterocycles. The van der Waals surface area contributed by atoms with E-state index < -0.39 is 10.0 Å². The highest BCUT2D eigenvalue weighted by atomic mass is 32.2. The van der Waals surface area contributed by atoms with Crippen LogP contribution in [0.2, 0.25) is 0 Å². The van der Waals surface area contributed by atoms with E-state index in [1.165, 1.54) is 0 Å². The Balaban J connectivity index is 1.77. The lowest BCUT2D eigenvalue weighted by Crippen LogP contribution is -2.49. The number of hydrogen-bond donors (Lipinski definition) is 2. The Morgan fingerprint density at radius 2 is 2.00 bits per heavy atom. The molecular formula is C14H27N3O3S. The molecule has 0 aromatic heterocycles. The number of carbonyl (C=O) groups excluding carboxylic acids is 1. The van der Waals surface area contributed by atoms with Crippen molar-refractivity contribution < 1.29 is 13.2 Å². The highest BCUT2D eigenvalue weighted by molar-refractivity contribution is 7.89. The molecule has 0 saturated carbocycles. The first-order valence-corrected chi connectivity index (χ1v) is 9.62. The Labute approximate surface area is 127 Å². The molecule has 2 N–H and O–H groups in total. The van der Waals surface area contributed by atoms with Gasteiger partial charge in [0.15, 0.2) is 0 Å². The monoisotopic (exact) mass is 317 g/mol. The lowest BCUT2D eigenvalue weighted by atomic mass is 9.97. The number of nitrogens with one attached hydrogen (secondary N) is 2. The zero-order valence-corrected chi connectivity index (χ0v) is 13.6. The Kier molecular flexibility index (Phi) is 6.01. The van der Waals surface area contributed by atoms with E-state index in [0.717, 1.165) is 38.8 Å². The number of carbonyl (C=O) groups is 1. The van der Waals surface area contributed by atoms with Crippen molar-refractivity contribution in [3.63, 3.8) is 0 Å². The van der Waals surface area contributed by atoms with Crippen LogP contribution in [0.25, 0.3) is 0 Å². The molecule has 2 fully saturated rings. The van der Waals surface area contributed by atoms with Gasteiger partial charge in [-0.2, -0.15) is 0 Å². The predicted octanol–water partition coefficient (Wildman–Crippen LogP) is 0.306. The van der Waals surface area contributed by atoms with Crippen LogP contribution in [0.4, 0.5) is 0 Å². The zero-order chi connectivity index (χ0) is 15.3. The van der Waals surface area contributed by atoms with Crippen molar-refractivity contribution in [3.05, 3.63) is 0 Å². The van der Waals surface area contributed by atoms with Gasteiger partial charge in [0.1, 0.15) is 0 Å². The molecule has 21 heavy (non-hydrogen) atoms. The minimum Gasteiger partial charge on any atom is -0.353 e. The second kappa shape index (κ2) is 7.56. The van der Waals surface area contributed by atoms with Crippen LogP contribution in [0.15, 0.2) is 0 Å². The van der Waals surface area contributed by atoms with Crippen LogP contribution in [0.5, 0.6) is 0 Å². The molecule has 0 aromatic carbocycles. The Hall–Kier alpha value is -0.660. The fourth-order valence-electron chi connectivity index (χ4n) is 3.06. The maximum Gasteiger partial charge on any atom is 0.224 e. The van der Waals surface area contributed by atoms with Gasteiger partial charge < -0.3 is 10.6 Å². The molecule has 0 spiro atoms. The van der Waals surface area contributed by atoms with Gasteiger partial charge in [-0.1, -0.05) is 6.92 Å². The highest BCUT2D eigenvalue weighted by Gasteiger charge is 2.29. The van der Waals surface area contributed by atoms with E-state index in [1.54, 1.807) is 4.31 Å². The third kappa shape index (κ3) is 4.66. The SMILES string of the molecule is CCCS(=O)(=O)N1CCC(NC(=O)[C@H]2CCCNC2)CC1. The molecule has 2 saturated heterocycles. The van der Waals surface area contributed by atoms with Crippen LogP contribution < -0.4 is 10.6 Å². The van der Waals surface area contributed by atoms with E-state index in [4.69, 9.17) is 0 Å². The van der Waals surface area contributed by atoms with Gasteiger partial charge in [0.2, 0.25) is 15.9 Å². The van der Waals surface area contributed by atoms with E-state index in [9.17, 15) is 13.2 Å². The van der Waals surface area contributed by atoms with Crippen molar-refractivity contribution in [2.75, 3.05) is 31.9 Å². The quantitative estimate of drug-likeness (QED) is 0.765. The summed E-state index contributed by atoms with van der Waals surface area (Å²) in [6.45, 7) is 4.68. The first-order valence-electron chi connectivity index (χ1n) is 8.02. The van der Waals surface area contributed by atoms with Crippen molar-refractivity contribution in [3.8, 4) is 0 Å². The molecule has 122 valence electrons. The standard InChI is InChI=1S/C14H27N3O3S/c1-2-10-21(19,20)17-8-5-13(6-9-17)16-14(18)12-4-3-7-15-11-12/h12-13,15H,2-11H2,1H3,(H,16,18)/t12-/m0/s1. The summed E-state index contributed by atoms with van der Waals surface area (Å²) in [5.41, 5.74) is 0. The fraction of sp³-hybridized carbons (Fsp3) is 0.929. The van der Waals surface area contributed by atoms with E-state index in [2.05, 4.69) is 10.6 Å². The third-order valence-corrected chi connectivity index (χ3v) is 6.40. The van der Waals surface area contributed by atoms with Crippen molar-refractivity contribution in [1.29, 1.82) is 0 Å². The second-order valence-corrected chi connectivity index (χ2v) is 8.13. The van der Waals surface area contributed by atoms with Gasteiger partial charge in [-0.25, -0.2) is 12.7 Å². The van der Waals surface area contributed by atoms with Gasteiger partial charge in [0.25, 0.3) is 0 Å². The summed E-state index contributed by atoms with van der Waals surface area (Å²) in [6, 6.07) is 0.118. The summed E-state index contributed by atoms with van der Waals surface area (Å²) in [5, 5.41) is 6.34. The number of nitrogens with zero attached hydrogens (tertiary/aromatic N) is 1. The first-order chi connectivity index (χ1) is 10.0. The Morgan fingerprint density at radius 3 is 2.57 bits per heavy atom. The third-order valence-electron chi connectivity index (χ3n) is 4.32. The minimum absolute atomic E-state index is 0.0700. The lowest BCUT2D eigenvalue weighted by molar-refractivity contribution is -0.126. The maximum absolute atomic E-state index is 12.2.